The molecule has 0 aromatic carbocycles. The van der Waals surface area contributed by atoms with E-state index in [2.05, 4.69) is 27.2 Å². The van der Waals surface area contributed by atoms with Gasteiger partial charge in [-0.05, 0) is 26.3 Å². The van der Waals surface area contributed by atoms with Gasteiger partial charge in [-0.3, -0.25) is 4.90 Å². The summed E-state index contributed by atoms with van der Waals surface area (Å²) in [5, 5.41) is 2.79. The second-order valence-corrected chi connectivity index (χ2v) is 7.63. The number of rotatable bonds is 3. The van der Waals surface area contributed by atoms with E-state index in [4.69, 9.17) is 0 Å². The van der Waals surface area contributed by atoms with Crippen LogP contribution in [0, 0.1) is 0 Å². The molecule has 0 aliphatic carbocycles. The van der Waals surface area contributed by atoms with Crippen molar-refractivity contribution >= 4 is 16.0 Å². The van der Waals surface area contributed by atoms with Crippen molar-refractivity contribution in [3.63, 3.8) is 0 Å². The largest absolute Gasteiger partial charge is 0.357 e. The summed E-state index contributed by atoms with van der Waals surface area (Å²) < 4.78 is 27.0. The summed E-state index contributed by atoms with van der Waals surface area (Å²) in [7, 11) is 0.297. The Hall–Kier alpha value is -1.25. The standard InChI is InChI=1S/C13H21N5O2S/c1-14-13-15-7-12(8-16-13)21(19,20)18-6-5-10-3-4-11(9-18)17(10)2/h7-8,10-11H,3-6,9H2,1-2H3,(H,14,15,16). The summed E-state index contributed by atoms with van der Waals surface area (Å²) in [4.78, 5) is 10.5. The minimum absolute atomic E-state index is 0.168. The highest BCUT2D eigenvalue weighted by molar-refractivity contribution is 7.89. The molecule has 3 rings (SSSR count). The van der Waals surface area contributed by atoms with Crippen LogP contribution in [-0.2, 0) is 10.0 Å². The Morgan fingerprint density at radius 2 is 1.86 bits per heavy atom. The molecule has 116 valence electrons. The maximum Gasteiger partial charge on any atom is 0.246 e. The predicted molar refractivity (Wildman–Crippen MR) is 79.5 cm³/mol. The van der Waals surface area contributed by atoms with Crippen molar-refractivity contribution in [2.24, 2.45) is 0 Å². The third kappa shape index (κ3) is 2.63. The Balaban J connectivity index is 1.84. The highest BCUT2D eigenvalue weighted by Gasteiger charge is 2.38. The van der Waals surface area contributed by atoms with Gasteiger partial charge in [-0.2, -0.15) is 4.31 Å². The number of hydrogen-bond acceptors (Lipinski definition) is 6. The number of likely N-dealkylation sites (N-methyl/N-ethyl adjacent to an activating group) is 1. The summed E-state index contributed by atoms with van der Waals surface area (Å²) in [6, 6.07) is 0.836. The second-order valence-electron chi connectivity index (χ2n) is 5.69. The van der Waals surface area contributed by atoms with Gasteiger partial charge in [0.25, 0.3) is 0 Å². The van der Waals surface area contributed by atoms with Gasteiger partial charge >= 0.3 is 0 Å². The van der Waals surface area contributed by atoms with E-state index in [1.807, 2.05) is 0 Å². The number of anilines is 1. The summed E-state index contributed by atoms with van der Waals surface area (Å²) in [5.41, 5.74) is 0. The molecular formula is C13H21N5O2S. The fraction of sp³-hybridized carbons (Fsp3) is 0.692. The predicted octanol–water partition coefficient (Wildman–Crippen LogP) is 0.376. The van der Waals surface area contributed by atoms with E-state index in [0.717, 1.165) is 12.8 Å². The molecule has 1 N–H and O–H groups in total. The summed E-state index contributed by atoms with van der Waals surface area (Å²) >= 11 is 0. The Morgan fingerprint density at radius 3 is 2.52 bits per heavy atom. The third-order valence-corrected chi connectivity index (χ3v) is 6.42. The first kappa shape index (κ1) is 14.7. The zero-order valence-corrected chi connectivity index (χ0v) is 13.2. The van der Waals surface area contributed by atoms with Crippen LogP contribution in [-0.4, -0.2) is 66.9 Å². The Bertz CT molecular complexity index is 603. The molecule has 2 atom stereocenters. The topological polar surface area (TPSA) is 78.4 Å². The lowest BCUT2D eigenvalue weighted by atomic mass is 10.1. The van der Waals surface area contributed by atoms with Crippen molar-refractivity contribution in [3.05, 3.63) is 12.4 Å². The first-order valence-electron chi connectivity index (χ1n) is 7.24. The van der Waals surface area contributed by atoms with Crippen LogP contribution in [0.2, 0.25) is 0 Å². The van der Waals surface area contributed by atoms with Gasteiger partial charge in [0, 0.05) is 32.2 Å². The molecule has 3 heterocycles. The molecule has 2 fully saturated rings. The molecule has 2 unspecified atom stereocenters. The maximum atomic E-state index is 12.7. The Morgan fingerprint density at radius 1 is 1.19 bits per heavy atom. The van der Waals surface area contributed by atoms with E-state index in [1.54, 1.807) is 11.4 Å². The first-order valence-corrected chi connectivity index (χ1v) is 8.68. The highest BCUT2D eigenvalue weighted by atomic mass is 32.2. The van der Waals surface area contributed by atoms with Crippen LogP contribution >= 0.6 is 0 Å². The fourth-order valence-electron chi connectivity index (χ4n) is 3.22. The number of hydrogen-bond donors (Lipinski definition) is 1. The SMILES string of the molecule is CNc1ncc(S(=O)(=O)N2CCC3CCC(C2)N3C)cn1. The van der Waals surface area contributed by atoms with Gasteiger partial charge in [-0.1, -0.05) is 0 Å². The number of sulfonamides is 1. The van der Waals surface area contributed by atoms with E-state index in [1.165, 1.54) is 18.8 Å². The van der Waals surface area contributed by atoms with Crippen LogP contribution in [0.1, 0.15) is 19.3 Å². The Labute approximate surface area is 125 Å². The molecule has 2 bridgehead atoms. The minimum Gasteiger partial charge on any atom is -0.357 e. The van der Waals surface area contributed by atoms with Crippen molar-refractivity contribution < 1.29 is 8.42 Å². The van der Waals surface area contributed by atoms with E-state index < -0.39 is 10.0 Å². The van der Waals surface area contributed by atoms with Gasteiger partial charge in [-0.25, -0.2) is 18.4 Å². The van der Waals surface area contributed by atoms with E-state index >= 15 is 0 Å². The summed E-state index contributed by atoms with van der Waals surface area (Å²) in [6.45, 7) is 1.13. The molecular weight excluding hydrogens is 290 g/mol. The molecule has 0 radical (unpaired) electrons. The number of nitrogens with one attached hydrogen (secondary N) is 1. The average Bonchev–Trinajstić information content (AvgIpc) is 2.71. The molecule has 2 aliphatic heterocycles. The molecule has 0 spiro atoms. The minimum atomic E-state index is -3.50. The van der Waals surface area contributed by atoms with Crippen LogP contribution in [0.25, 0.3) is 0 Å². The van der Waals surface area contributed by atoms with Gasteiger partial charge < -0.3 is 5.32 Å². The number of fused-ring (bicyclic) bond motifs is 2. The monoisotopic (exact) mass is 311 g/mol. The van der Waals surface area contributed by atoms with Gasteiger partial charge in [0.1, 0.15) is 4.90 Å². The molecule has 0 saturated carbocycles. The van der Waals surface area contributed by atoms with Gasteiger partial charge in [0.2, 0.25) is 16.0 Å². The lowest BCUT2D eigenvalue weighted by Gasteiger charge is -2.25. The first-order chi connectivity index (χ1) is 10.0. The van der Waals surface area contributed by atoms with E-state index in [9.17, 15) is 8.42 Å². The summed E-state index contributed by atoms with van der Waals surface area (Å²) in [6.07, 6.45) is 5.89. The van der Waals surface area contributed by atoms with Gasteiger partial charge in [0.15, 0.2) is 0 Å². The van der Waals surface area contributed by atoms with Crippen LogP contribution in [0.5, 0.6) is 0 Å². The number of aromatic nitrogens is 2. The molecule has 21 heavy (non-hydrogen) atoms. The second kappa shape index (κ2) is 5.51. The summed E-state index contributed by atoms with van der Waals surface area (Å²) in [5.74, 6) is 0.420. The zero-order chi connectivity index (χ0) is 15.0. The van der Waals surface area contributed by atoms with Crippen molar-refractivity contribution in [3.8, 4) is 0 Å². The van der Waals surface area contributed by atoms with Crippen molar-refractivity contribution in [1.82, 2.24) is 19.2 Å². The van der Waals surface area contributed by atoms with Gasteiger partial charge in [0.05, 0.1) is 12.4 Å². The average molecular weight is 311 g/mol. The molecule has 2 saturated heterocycles. The van der Waals surface area contributed by atoms with E-state index in [-0.39, 0.29) is 4.90 Å². The molecule has 1 aromatic heterocycles. The van der Waals surface area contributed by atoms with Crippen molar-refractivity contribution in [2.75, 3.05) is 32.5 Å². The van der Waals surface area contributed by atoms with Crippen LogP contribution in [0.15, 0.2) is 17.3 Å². The lowest BCUT2D eigenvalue weighted by molar-refractivity contribution is 0.246. The molecule has 2 aliphatic rings. The normalized spacial score (nSPS) is 27.5. The van der Waals surface area contributed by atoms with Gasteiger partial charge in [-0.15, -0.1) is 0 Å². The zero-order valence-electron chi connectivity index (χ0n) is 12.4. The van der Waals surface area contributed by atoms with Crippen LogP contribution in [0.4, 0.5) is 5.95 Å². The van der Waals surface area contributed by atoms with E-state index in [0.29, 0.717) is 31.1 Å². The number of nitrogens with zero attached hydrogens (tertiary/aromatic N) is 4. The molecule has 1 aromatic rings. The maximum absolute atomic E-state index is 12.7. The highest BCUT2D eigenvalue weighted by Crippen LogP contribution is 2.30. The molecule has 7 nitrogen and oxygen atoms in total. The fourth-order valence-corrected chi connectivity index (χ4v) is 4.61. The van der Waals surface area contributed by atoms with Crippen molar-refractivity contribution in [1.29, 1.82) is 0 Å². The van der Waals surface area contributed by atoms with Crippen LogP contribution in [0.3, 0.4) is 0 Å². The van der Waals surface area contributed by atoms with Crippen LogP contribution < -0.4 is 5.32 Å². The Kier molecular flexibility index (Phi) is 3.85. The molecule has 0 amide bonds. The van der Waals surface area contributed by atoms with Crippen molar-refractivity contribution in [2.45, 2.75) is 36.2 Å². The smallest absolute Gasteiger partial charge is 0.246 e. The quantitative estimate of drug-likeness (QED) is 0.869. The third-order valence-electron chi connectivity index (χ3n) is 4.60. The lowest BCUT2D eigenvalue weighted by Crippen LogP contribution is -2.39. The molecule has 8 heteroatoms.